The second-order valence-electron chi connectivity index (χ2n) is 9.33. The van der Waals surface area contributed by atoms with E-state index in [4.69, 9.17) is 0 Å². The number of rotatable bonds is 8. The van der Waals surface area contributed by atoms with Crippen LogP contribution in [0.1, 0.15) is 22.8 Å². The van der Waals surface area contributed by atoms with Crippen molar-refractivity contribution >= 4 is 46.3 Å². The molecule has 16 heteroatoms. The molecule has 0 N–H and O–H groups in total. The number of hydrogen-bond acceptors (Lipinski definition) is 14. The Morgan fingerprint density at radius 1 is 0.380 bits per heavy atom. The molecule has 0 bridgehead atoms. The number of nitrogens with zero attached hydrogens (tertiary/aromatic N) is 10. The largest absolute Gasteiger partial charge is 3.00 e. The first-order valence-corrected chi connectivity index (χ1v) is 14.0. The van der Waals surface area contributed by atoms with Crippen LogP contribution in [0.15, 0.2) is 154 Å². The predicted molar refractivity (Wildman–Crippen MR) is 170 cm³/mol. The van der Waals surface area contributed by atoms with Gasteiger partial charge in [-0.15, -0.1) is 0 Å². The molecule has 0 aromatic carbocycles. The Morgan fingerprint density at radius 3 is 0.820 bits per heavy atom. The summed E-state index contributed by atoms with van der Waals surface area (Å²) in [5.41, 5.74) is 1.92. The predicted octanol–water partition coefficient (Wildman–Crippen LogP) is -1.50. The average Bonchev–Trinajstić information content (AvgIpc) is 3.13. The second kappa shape index (κ2) is 20.0. The maximum atomic E-state index is 12.1. The summed E-state index contributed by atoms with van der Waals surface area (Å²) in [7, 11) is 0. The van der Waals surface area contributed by atoms with E-state index in [9.17, 15) is 20.4 Å². The molecule has 0 amide bonds. The van der Waals surface area contributed by atoms with E-state index in [1.54, 1.807) is 85.5 Å². The molecule has 6 aromatic rings. The van der Waals surface area contributed by atoms with Gasteiger partial charge in [-0.05, 0) is 72.8 Å². The molecule has 50 heavy (non-hydrogen) atoms. The fraction of sp³-hybridized carbons (Fsp3) is 0. The molecule has 0 spiro atoms. The maximum Gasteiger partial charge on any atom is 3.00 e. The standard InChI is InChI=1S/2C17H13N5O2.Co.Na/c2*23-16(20-12-4-2-8-18-10-12)14-6-1-7-15(22-14)17(24)21-13-5-3-9-19-11-13;;/h2*1-11H,(H,20,23)(H,21,24);;/q;;+3;+1/p-4. The van der Waals surface area contributed by atoms with E-state index in [2.05, 4.69) is 49.9 Å². The van der Waals surface area contributed by atoms with Crippen LogP contribution < -0.4 is 50.0 Å². The SMILES string of the molecule is [Co+3].[Na+].[O-]C(=Nc1cccnc1)c1cccc(C([O-])=Nc2cccnc2)n1.[O-]C(=Nc1cccnc1)c1cccc(C([O-])=Nc2cccnc2)n1. The summed E-state index contributed by atoms with van der Waals surface area (Å²) in [5, 5.41) is 48.6. The van der Waals surface area contributed by atoms with Gasteiger partial charge in [0, 0.05) is 48.4 Å². The molecule has 0 saturated heterocycles. The van der Waals surface area contributed by atoms with Gasteiger partial charge >= 0.3 is 46.3 Å². The zero-order valence-corrected chi connectivity index (χ0v) is 29.2. The van der Waals surface area contributed by atoms with E-state index in [1.165, 1.54) is 49.1 Å². The van der Waals surface area contributed by atoms with E-state index in [0.717, 1.165) is 0 Å². The van der Waals surface area contributed by atoms with Crippen LogP contribution in [0, 0.1) is 0 Å². The van der Waals surface area contributed by atoms with Gasteiger partial charge in [0.05, 0.1) is 70.3 Å². The molecule has 6 heterocycles. The van der Waals surface area contributed by atoms with Crippen molar-refractivity contribution in [2.24, 2.45) is 20.0 Å². The normalized spacial score (nSPS) is 11.7. The van der Waals surface area contributed by atoms with Gasteiger partial charge in [0.15, 0.2) is 0 Å². The van der Waals surface area contributed by atoms with Crippen molar-refractivity contribution in [2.75, 3.05) is 0 Å². The number of aromatic nitrogens is 6. The fourth-order valence-electron chi connectivity index (χ4n) is 3.72. The van der Waals surface area contributed by atoms with Gasteiger partial charge in [0.25, 0.3) is 0 Å². The van der Waals surface area contributed by atoms with E-state index in [-0.39, 0.29) is 69.1 Å². The van der Waals surface area contributed by atoms with Crippen molar-refractivity contribution in [3.63, 3.8) is 0 Å². The van der Waals surface area contributed by atoms with Gasteiger partial charge < -0.3 is 20.4 Å². The van der Waals surface area contributed by atoms with Gasteiger partial charge in [-0.25, -0.2) is 9.97 Å². The van der Waals surface area contributed by atoms with Crippen LogP contribution in [0.3, 0.4) is 0 Å². The number of hydrogen-bond donors (Lipinski definition) is 0. The molecule has 6 aromatic heterocycles. The molecule has 0 radical (unpaired) electrons. The Bertz CT molecular complexity index is 1780. The molecule has 0 aliphatic heterocycles. The maximum absolute atomic E-state index is 12.1. The van der Waals surface area contributed by atoms with Crippen LogP contribution in [0.5, 0.6) is 0 Å². The van der Waals surface area contributed by atoms with Crippen molar-refractivity contribution in [3.05, 3.63) is 157 Å². The van der Waals surface area contributed by atoms with E-state index in [1.807, 2.05) is 0 Å². The van der Waals surface area contributed by atoms with Crippen molar-refractivity contribution < 1.29 is 66.8 Å². The molecule has 0 saturated carbocycles. The smallest absolute Gasteiger partial charge is 0.857 e. The van der Waals surface area contributed by atoms with Crippen LogP contribution in [-0.4, -0.2) is 53.5 Å². The quantitative estimate of drug-likeness (QED) is 0.101. The first-order valence-electron chi connectivity index (χ1n) is 14.0. The Morgan fingerprint density at radius 2 is 0.620 bits per heavy atom. The summed E-state index contributed by atoms with van der Waals surface area (Å²) in [6.07, 6.45) is 12.2. The monoisotopic (exact) mass is 716 g/mol. The number of aliphatic imine (C=N–C) groups is 4. The molecule has 6 rings (SSSR count). The zero-order chi connectivity index (χ0) is 33.6. The summed E-state index contributed by atoms with van der Waals surface area (Å²) in [6, 6.07) is 22.4. The summed E-state index contributed by atoms with van der Waals surface area (Å²) >= 11 is 0. The van der Waals surface area contributed by atoms with Gasteiger partial charge in [-0.1, -0.05) is 12.1 Å². The first-order chi connectivity index (χ1) is 23.4. The zero-order valence-electron chi connectivity index (χ0n) is 26.1. The minimum atomic E-state index is -0.556. The molecule has 0 atom stereocenters. The molecule has 242 valence electrons. The van der Waals surface area contributed by atoms with Crippen molar-refractivity contribution in [3.8, 4) is 0 Å². The third-order valence-corrected chi connectivity index (χ3v) is 5.88. The summed E-state index contributed by atoms with van der Waals surface area (Å²) < 4.78 is 0. The van der Waals surface area contributed by atoms with Crippen molar-refractivity contribution in [1.29, 1.82) is 0 Å². The molecular weight excluding hydrogens is 694 g/mol. The van der Waals surface area contributed by atoms with Crippen LogP contribution in [0.25, 0.3) is 0 Å². The molecule has 0 unspecified atom stereocenters. The van der Waals surface area contributed by atoms with Crippen LogP contribution >= 0.6 is 0 Å². The van der Waals surface area contributed by atoms with Crippen LogP contribution in [0.2, 0.25) is 0 Å². The van der Waals surface area contributed by atoms with Gasteiger partial charge in [0.2, 0.25) is 0 Å². The van der Waals surface area contributed by atoms with E-state index < -0.39 is 23.6 Å². The van der Waals surface area contributed by atoms with Crippen LogP contribution in [0.4, 0.5) is 22.7 Å². The Hall–Kier alpha value is -5.71. The van der Waals surface area contributed by atoms with Gasteiger partial charge in [-0.3, -0.25) is 39.9 Å². The van der Waals surface area contributed by atoms with Crippen molar-refractivity contribution in [1.82, 2.24) is 29.9 Å². The molecule has 0 aliphatic rings. The number of pyridine rings is 6. The summed E-state index contributed by atoms with van der Waals surface area (Å²) in [4.78, 5) is 39.2. The third kappa shape index (κ3) is 11.8. The Balaban J connectivity index is 0.000000260. The first kappa shape index (κ1) is 38.7. The molecule has 0 fully saturated rings. The Kier molecular flexibility index (Phi) is 15.5. The van der Waals surface area contributed by atoms with E-state index >= 15 is 0 Å². The van der Waals surface area contributed by atoms with Gasteiger partial charge in [0.1, 0.15) is 0 Å². The molecule has 0 aliphatic carbocycles. The molecular formula is C34H22CoN10NaO4. The summed E-state index contributed by atoms with van der Waals surface area (Å²) in [6.45, 7) is 0. The van der Waals surface area contributed by atoms with Gasteiger partial charge in [-0.2, -0.15) is 0 Å². The van der Waals surface area contributed by atoms with E-state index in [0.29, 0.717) is 22.7 Å². The average molecular weight is 717 g/mol. The molecule has 14 nitrogen and oxygen atoms in total. The second-order valence-corrected chi connectivity index (χ2v) is 9.33. The minimum Gasteiger partial charge on any atom is -0.857 e. The minimum absolute atomic E-state index is 0. The topological polar surface area (TPSA) is 219 Å². The van der Waals surface area contributed by atoms with Crippen molar-refractivity contribution in [2.45, 2.75) is 0 Å². The Labute approximate surface area is 318 Å². The third-order valence-electron chi connectivity index (χ3n) is 5.88. The summed E-state index contributed by atoms with van der Waals surface area (Å²) in [5.74, 6) is -2.23. The van der Waals surface area contributed by atoms with Crippen LogP contribution in [-0.2, 0) is 16.8 Å². The fourth-order valence-corrected chi connectivity index (χ4v) is 3.72.